The first-order valence-corrected chi connectivity index (χ1v) is 20.8. The van der Waals surface area contributed by atoms with E-state index in [1.54, 1.807) is 18.2 Å². The number of carbonyl (C=O) groups excluding carboxylic acids is 5. The number of aromatic nitrogens is 1. The zero-order valence-corrected chi connectivity index (χ0v) is 33.3. The monoisotopic (exact) mass is 822 g/mol. The maximum absolute atomic E-state index is 15.5. The fourth-order valence-electron chi connectivity index (χ4n) is 9.59. The van der Waals surface area contributed by atoms with Gasteiger partial charge in [0.05, 0.1) is 52.3 Å². The van der Waals surface area contributed by atoms with E-state index in [2.05, 4.69) is 20.0 Å². The summed E-state index contributed by atoms with van der Waals surface area (Å²) in [4.78, 5) is 81.9. The molecule has 59 heavy (non-hydrogen) atoms. The minimum absolute atomic E-state index is 0.0179. The highest BCUT2D eigenvalue weighted by Crippen LogP contribution is 2.37. The summed E-state index contributed by atoms with van der Waals surface area (Å²) in [7, 11) is 0. The topological polar surface area (TPSA) is 140 Å². The molecule has 3 aromatic rings. The molecule has 6 heterocycles. The number of rotatable bonds is 8. The number of pyridine rings is 1. The Labute approximate surface area is 346 Å². The molecule has 1 aliphatic carbocycles. The van der Waals surface area contributed by atoms with Gasteiger partial charge in [0.15, 0.2) is 0 Å². The van der Waals surface area contributed by atoms with E-state index in [0.717, 1.165) is 93.7 Å². The van der Waals surface area contributed by atoms with Crippen molar-refractivity contribution < 1.29 is 33.1 Å². The summed E-state index contributed by atoms with van der Waals surface area (Å²) < 4.78 is 21.6. The molecule has 4 fully saturated rings. The largest absolute Gasteiger partial charge is 0.490 e. The first-order chi connectivity index (χ1) is 28.5. The number of hydrogen-bond donors (Lipinski definition) is 1. The Hall–Kier alpha value is -5.59. The molecule has 5 amide bonds. The van der Waals surface area contributed by atoms with Gasteiger partial charge >= 0.3 is 0 Å². The van der Waals surface area contributed by atoms with Crippen molar-refractivity contribution in [3.05, 3.63) is 87.1 Å². The number of amides is 5. The third kappa shape index (κ3) is 7.48. The molecule has 5 aliphatic heterocycles. The number of ether oxygens (including phenoxy) is 1. The number of fused-ring (bicyclic) bond motifs is 2. The number of nitrogens with one attached hydrogen (secondary N) is 1. The highest BCUT2D eigenvalue weighted by Gasteiger charge is 2.45. The lowest BCUT2D eigenvalue weighted by atomic mass is 9.92. The predicted octanol–water partition coefficient (Wildman–Crippen LogP) is 5.21. The number of halogens is 2. The molecule has 306 valence electrons. The number of carbonyl (C=O) groups is 5. The van der Waals surface area contributed by atoms with Gasteiger partial charge in [-0.3, -0.25) is 39.1 Å². The van der Waals surface area contributed by atoms with Crippen LogP contribution in [-0.4, -0.2) is 113 Å². The van der Waals surface area contributed by atoms with Gasteiger partial charge < -0.3 is 19.4 Å². The number of anilines is 2. The number of piperidine rings is 2. The van der Waals surface area contributed by atoms with Crippen molar-refractivity contribution in [1.82, 2.24) is 25.0 Å². The molecule has 0 radical (unpaired) electrons. The molecule has 16 heteroatoms. The highest BCUT2D eigenvalue weighted by atomic mass is 35.5. The van der Waals surface area contributed by atoms with Gasteiger partial charge in [0, 0.05) is 58.3 Å². The molecule has 1 saturated carbocycles. The molecule has 1 unspecified atom stereocenters. The van der Waals surface area contributed by atoms with Gasteiger partial charge in [-0.05, 0) is 87.3 Å². The van der Waals surface area contributed by atoms with Crippen LogP contribution in [0.5, 0.6) is 5.75 Å². The van der Waals surface area contributed by atoms with Crippen LogP contribution in [0.1, 0.15) is 88.1 Å². The van der Waals surface area contributed by atoms with E-state index >= 15 is 4.39 Å². The number of nitrogens with zero attached hydrogens (tertiary/aromatic N) is 7. The van der Waals surface area contributed by atoms with Crippen LogP contribution in [0.25, 0.3) is 4.85 Å². The van der Waals surface area contributed by atoms with Crippen molar-refractivity contribution in [3.8, 4) is 5.75 Å². The van der Waals surface area contributed by atoms with Crippen LogP contribution in [0.15, 0.2) is 42.5 Å². The Bertz CT molecular complexity index is 2280. The predicted molar refractivity (Wildman–Crippen MR) is 215 cm³/mol. The second-order valence-corrected chi connectivity index (χ2v) is 16.8. The minimum Gasteiger partial charge on any atom is -0.490 e. The van der Waals surface area contributed by atoms with Crippen molar-refractivity contribution in [2.45, 2.75) is 76.1 Å². The molecule has 14 nitrogen and oxygen atoms in total. The van der Waals surface area contributed by atoms with Crippen LogP contribution in [-0.2, 0) is 16.1 Å². The van der Waals surface area contributed by atoms with Crippen molar-refractivity contribution in [1.29, 1.82) is 0 Å². The molecule has 1 N–H and O–H groups in total. The molecular formula is C43H44ClFN8O6. The van der Waals surface area contributed by atoms with Crippen LogP contribution in [0.3, 0.4) is 0 Å². The molecule has 0 spiro atoms. The number of imide groups is 2. The molecule has 1 atom stereocenters. The Morgan fingerprint density at radius 2 is 1.54 bits per heavy atom. The van der Waals surface area contributed by atoms with Gasteiger partial charge in [0.1, 0.15) is 23.4 Å². The molecule has 3 saturated heterocycles. The second kappa shape index (κ2) is 15.9. The zero-order valence-electron chi connectivity index (χ0n) is 32.5. The van der Waals surface area contributed by atoms with Gasteiger partial charge in [0.2, 0.25) is 17.5 Å². The first-order valence-electron chi connectivity index (χ1n) is 20.5. The van der Waals surface area contributed by atoms with Crippen LogP contribution in [0, 0.1) is 18.3 Å². The SMILES string of the molecule is [C-]#[N+]c1ccc(OC2CCC(N3Cc4nc(N5CCN(CC6CCN(c7cc8c(cc7F)C(=O)N(C7CCC(=O)NC7=O)C8=O)CC6)CC5)ccc4C3=O)CC2)cc1Cl. The quantitative estimate of drug-likeness (QED) is 0.238. The van der Waals surface area contributed by atoms with Crippen molar-refractivity contribution in [2.24, 2.45) is 5.92 Å². The third-order valence-corrected chi connectivity index (χ3v) is 13.2. The van der Waals surface area contributed by atoms with Crippen molar-refractivity contribution in [2.75, 3.05) is 55.6 Å². The molecule has 9 rings (SSSR count). The maximum atomic E-state index is 15.5. The summed E-state index contributed by atoms with van der Waals surface area (Å²) in [5.74, 6) is -1.08. The van der Waals surface area contributed by atoms with E-state index in [9.17, 15) is 24.0 Å². The van der Waals surface area contributed by atoms with Gasteiger partial charge in [-0.2, -0.15) is 0 Å². The van der Waals surface area contributed by atoms with E-state index in [4.69, 9.17) is 27.9 Å². The summed E-state index contributed by atoms with van der Waals surface area (Å²) in [6.07, 6.45) is 5.12. The second-order valence-electron chi connectivity index (χ2n) is 16.4. The zero-order chi connectivity index (χ0) is 40.9. The number of hydrogen-bond acceptors (Lipinski definition) is 10. The lowest BCUT2D eigenvalue weighted by Gasteiger charge is -2.39. The Kier molecular flexibility index (Phi) is 10.5. The van der Waals surface area contributed by atoms with Crippen molar-refractivity contribution in [3.63, 3.8) is 0 Å². The number of piperazine rings is 1. The Balaban J connectivity index is 0.739. The van der Waals surface area contributed by atoms with Crippen molar-refractivity contribution >= 4 is 58.3 Å². The van der Waals surface area contributed by atoms with E-state index < -0.39 is 35.5 Å². The lowest BCUT2D eigenvalue weighted by molar-refractivity contribution is -0.136. The van der Waals surface area contributed by atoms with Crippen LogP contribution in [0.2, 0.25) is 5.02 Å². The Morgan fingerprint density at radius 3 is 2.24 bits per heavy atom. The summed E-state index contributed by atoms with van der Waals surface area (Å²) in [6.45, 7) is 13.2. The molecule has 6 aliphatic rings. The van der Waals surface area contributed by atoms with Crippen LogP contribution in [0.4, 0.5) is 21.6 Å². The minimum atomic E-state index is -1.10. The smallest absolute Gasteiger partial charge is 0.262 e. The van der Waals surface area contributed by atoms with Crippen LogP contribution >= 0.6 is 11.6 Å². The summed E-state index contributed by atoms with van der Waals surface area (Å²) in [6, 6.07) is 10.6. The lowest BCUT2D eigenvalue weighted by Crippen LogP contribution is -2.54. The molecule has 2 aromatic carbocycles. The maximum Gasteiger partial charge on any atom is 0.262 e. The fraction of sp³-hybridized carbons (Fsp3) is 0.465. The van der Waals surface area contributed by atoms with E-state index in [1.165, 1.54) is 6.07 Å². The standard InChI is InChI=1S/C43H44ClFN8O6/c1-46-34-8-6-28(20-32(34)44)59-27-4-2-26(3-5-27)52-24-35-29(41(52)56)7-10-38(47-35)51-18-16-49(17-19-51)23-25-12-14-50(15-13-25)37-22-31-30(21-33(37)45)42(57)53(43(31)58)36-9-11-39(54)48-40(36)55/h6-8,10,20-22,25-27,36H,2-5,9,11-19,23-24H2,(H,48,54,55). The summed E-state index contributed by atoms with van der Waals surface area (Å²) >= 11 is 6.20. The summed E-state index contributed by atoms with van der Waals surface area (Å²) in [5, 5.41) is 2.57. The molecular weight excluding hydrogens is 779 g/mol. The fourth-order valence-corrected chi connectivity index (χ4v) is 9.80. The third-order valence-electron chi connectivity index (χ3n) is 12.9. The molecule has 1 aromatic heterocycles. The summed E-state index contributed by atoms with van der Waals surface area (Å²) in [5.41, 5.74) is 2.21. The normalized spacial score (nSPS) is 24.0. The average Bonchev–Trinajstić information content (AvgIpc) is 3.69. The molecule has 0 bridgehead atoms. The van der Waals surface area contributed by atoms with Gasteiger partial charge in [-0.1, -0.05) is 17.7 Å². The first kappa shape index (κ1) is 38.9. The van der Waals surface area contributed by atoms with Gasteiger partial charge in [-0.25, -0.2) is 14.2 Å². The van der Waals surface area contributed by atoms with Gasteiger partial charge in [0.25, 0.3) is 17.7 Å². The van der Waals surface area contributed by atoms with E-state index in [-0.39, 0.29) is 47.7 Å². The van der Waals surface area contributed by atoms with E-state index in [0.29, 0.717) is 47.6 Å². The highest BCUT2D eigenvalue weighted by molar-refractivity contribution is 6.33. The van der Waals surface area contributed by atoms with Crippen LogP contribution < -0.4 is 19.9 Å². The van der Waals surface area contributed by atoms with E-state index in [1.807, 2.05) is 21.9 Å². The van der Waals surface area contributed by atoms with Gasteiger partial charge in [-0.15, -0.1) is 0 Å². The average molecular weight is 823 g/mol. The number of benzene rings is 2. The Morgan fingerprint density at radius 1 is 0.814 bits per heavy atom.